The van der Waals surface area contributed by atoms with Gasteiger partial charge < -0.3 is 15.8 Å². The molecule has 0 radical (unpaired) electrons. The van der Waals surface area contributed by atoms with Crippen LogP contribution in [0.15, 0.2) is 24.5 Å². The zero-order valence-electron chi connectivity index (χ0n) is 10.8. The fraction of sp³-hybridized carbons (Fsp3) is 0.250. The number of carbonyl (C=O) groups is 1. The Morgan fingerprint density at radius 2 is 2.26 bits per heavy atom. The van der Waals surface area contributed by atoms with E-state index in [0.717, 1.165) is 5.56 Å². The summed E-state index contributed by atoms with van der Waals surface area (Å²) in [6.45, 7) is 0.362. The Morgan fingerprint density at radius 1 is 1.47 bits per heavy atom. The Balaban J connectivity index is 2.00. The van der Waals surface area contributed by atoms with Gasteiger partial charge in [-0.25, -0.2) is 4.98 Å². The SMILES string of the molecule is COc1ccc(CNC(=O)c2c(N)cnn2C)cn1. The molecule has 0 atom stereocenters. The average Bonchev–Trinajstić information content (AvgIpc) is 2.76. The zero-order valence-corrected chi connectivity index (χ0v) is 10.8. The highest BCUT2D eigenvalue weighted by Crippen LogP contribution is 2.10. The second-order valence-electron chi connectivity index (χ2n) is 3.96. The number of aromatic nitrogens is 3. The lowest BCUT2D eigenvalue weighted by molar-refractivity contribution is 0.0942. The maximum absolute atomic E-state index is 11.9. The van der Waals surface area contributed by atoms with Gasteiger partial charge in [-0.1, -0.05) is 6.07 Å². The van der Waals surface area contributed by atoms with Crippen LogP contribution in [0.25, 0.3) is 0 Å². The Kier molecular flexibility index (Phi) is 3.65. The van der Waals surface area contributed by atoms with Crippen LogP contribution in [0.3, 0.4) is 0 Å². The number of pyridine rings is 1. The predicted molar refractivity (Wildman–Crippen MR) is 69.6 cm³/mol. The molecule has 0 saturated heterocycles. The van der Waals surface area contributed by atoms with Crippen molar-refractivity contribution in [1.82, 2.24) is 20.1 Å². The molecule has 0 aliphatic carbocycles. The maximum Gasteiger partial charge on any atom is 0.271 e. The van der Waals surface area contributed by atoms with E-state index in [1.807, 2.05) is 6.07 Å². The molecule has 1 amide bonds. The molecule has 2 aromatic rings. The van der Waals surface area contributed by atoms with Gasteiger partial charge in [-0.2, -0.15) is 5.10 Å². The van der Waals surface area contributed by atoms with Crippen LogP contribution in [-0.4, -0.2) is 27.8 Å². The van der Waals surface area contributed by atoms with Crippen LogP contribution in [0.5, 0.6) is 5.88 Å². The van der Waals surface area contributed by atoms with E-state index in [1.54, 1.807) is 26.4 Å². The van der Waals surface area contributed by atoms with Crippen LogP contribution in [0.2, 0.25) is 0 Å². The lowest BCUT2D eigenvalue weighted by Crippen LogP contribution is -2.26. The molecule has 2 aromatic heterocycles. The highest BCUT2D eigenvalue weighted by molar-refractivity contribution is 5.97. The molecular formula is C12H15N5O2. The molecule has 0 spiro atoms. The summed E-state index contributed by atoms with van der Waals surface area (Å²) in [7, 11) is 3.22. The molecule has 2 heterocycles. The standard InChI is InChI=1S/C12H15N5O2/c1-17-11(9(13)7-16-17)12(18)15-6-8-3-4-10(19-2)14-5-8/h3-5,7H,6,13H2,1-2H3,(H,15,18). The topological polar surface area (TPSA) is 95.1 Å². The highest BCUT2D eigenvalue weighted by Gasteiger charge is 2.14. The highest BCUT2D eigenvalue weighted by atomic mass is 16.5. The van der Waals surface area contributed by atoms with Crippen molar-refractivity contribution < 1.29 is 9.53 Å². The Bertz CT molecular complexity index is 557. The molecule has 0 unspecified atom stereocenters. The Morgan fingerprint density at radius 3 is 2.79 bits per heavy atom. The monoisotopic (exact) mass is 261 g/mol. The lowest BCUT2D eigenvalue weighted by Gasteiger charge is -2.06. The van der Waals surface area contributed by atoms with Crippen LogP contribution in [-0.2, 0) is 13.6 Å². The molecule has 0 aliphatic heterocycles. The number of aryl methyl sites for hydroxylation is 1. The quantitative estimate of drug-likeness (QED) is 0.827. The van der Waals surface area contributed by atoms with E-state index in [2.05, 4.69) is 15.4 Å². The number of amides is 1. The number of hydrogen-bond donors (Lipinski definition) is 2. The van der Waals surface area contributed by atoms with Gasteiger partial charge in [-0.05, 0) is 5.56 Å². The van der Waals surface area contributed by atoms with Crippen molar-refractivity contribution in [2.24, 2.45) is 7.05 Å². The number of ether oxygens (including phenoxy) is 1. The molecule has 2 rings (SSSR count). The number of nitrogens with two attached hydrogens (primary N) is 1. The van der Waals surface area contributed by atoms with Crippen molar-refractivity contribution in [3.05, 3.63) is 35.8 Å². The van der Waals surface area contributed by atoms with E-state index in [0.29, 0.717) is 23.8 Å². The van der Waals surface area contributed by atoms with E-state index in [-0.39, 0.29) is 5.91 Å². The van der Waals surface area contributed by atoms with Crippen molar-refractivity contribution in [3.63, 3.8) is 0 Å². The third-order valence-electron chi connectivity index (χ3n) is 2.64. The molecule has 0 fully saturated rings. The number of nitrogen functional groups attached to an aromatic ring is 1. The van der Waals surface area contributed by atoms with Crippen molar-refractivity contribution >= 4 is 11.6 Å². The Labute approximate surface area is 110 Å². The minimum Gasteiger partial charge on any atom is -0.481 e. The van der Waals surface area contributed by atoms with E-state index in [1.165, 1.54) is 10.9 Å². The number of carbonyl (C=O) groups excluding carboxylic acids is 1. The first kappa shape index (κ1) is 12.9. The van der Waals surface area contributed by atoms with Gasteiger partial charge in [0.05, 0.1) is 19.0 Å². The van der Waals surface area contributed by atoms with Crippen molar-refractivity contribution in [2.75, 3.05) is 12.8 Å². The lowest BCUT2D eigenvalue weighted by atomic mass is 10.2. The fourth-order valence-electron chi connectivity index (χ4n) is 1.63. The number of anilines is 1. The van der Waals surface area contributed by atoms with Gasteiger partial charge in [0.15, 0.2) is 0 Å². The number of nitrogens with zero attached hydrogens (tertiary/aromatic N) is 3. The molecule has 3 N–H and O–H groups in total. The normalized spacial score (nSPS) is 10.2. The third kappa shape index (κ3) is 2.82. The molecule has 0 aliphatic rings. The van der Waals surface area contributed by atoms with E-state index in [9.17, 15) is 4.79 Å². The van der Waals surface area contributed by atoms with Crippen LogP contribution < -0.4 is 15.8 Å². The van der Waals surface area contributed by atoms with Gasteiger partial charge >= 0.3 is 0 Å². The second-order valence-corrected chi connectivity index (χ2v) is 3.96. The van der Waals surface area contributed by atoms with Gasteiger partial charge in [-0.15, -0.1) is 0 Å². The van der Waals surface area contributed by atoms with Crippen LogP contribution in [0, 0.1) is 0 Å². The molecule has 0 saturated carbocycles. The largest absolute Gasteiger partial charge is 0.481 e. The molecular weight excluding hydrogens is 246 g/mol. The summed E-state index contributed by atoms with van der Waals surface area (Å²) in [5, 5.41) is 6.68. The van der Waals surface area contributed by atoms with E-state index < -0.39 is 0 Å². The fourth-order valence-corrected chi connectivity index (χ4v) is 1.63. The van der Waals surface area contributed by atoms with Gasteiger partial charge in [-0.3, -0.25) is 9.48 Å². The summed E-state index contributed by atoms with van der Waals surface area (Å²) in [6.07, 6.45) is 3.09. The number of hydrogen-bond acceptors (Lipinski definition) is 5. The molecule has 7 heteroatoms. The average molecular weight is 261 g/mol. The minimum absolute atomic E-state index is 0.270. The summed E-state index contributed by atoms with van der Waals surface area (Å²) in [4.78, 5) is 16.0. The first-order valence-electron chi connectivity index (χ1n) is 5.66. The third-order valence-corrected chi connectivity index (χ3v) is 2.64. The van der Waals surface area contributed by atoms with Crippen molar-refractivity contribution in [3.8, 4) is 5.88 Å². The summed E-state index contributed by atoms with van der Waals surface area (Å²) in [6, 6.07) is 3.57. The summed E-state index contributed by atoms with van der Waals surface area (Å²) < 4.78 is 6.40. The van der Waals surface area contributed by atoms with Crippen LogP contribution in [0.4, 0.5) is 5.69 Å². The van der Waals surface area contributed by atoms with E-state index in [4.69, 9.17) is 10.5 Å². The summed E-state index contributed by atoms with van der Waals surface area (Å²) >= 11 is 0. The molecule has 7 nitrogen and oxygen atoms in total. The molecule has 0 aromatic carbocycles. The van der Waals surface area contributed by atoms with Gasteiger partial charge in [0, 0.05) is 25.9 Å². The second kappa shape index (κ2) is 5.38. The number of methoxy groups -OCH3 is 1. The van der Waals surface area contributed by atoms with Crippen molar-refractivity contribution in [2.45, 2.75) is 6.54 Å². The van der Waals surface area contributed by atoms with E-state index >= 15 is 0 Å². The van der Waals surface area contributed by atoms with Gasteiger partial charge in [0.2, 0.25) is 5.88 Å². The van der Waals surface area contributed by atoms with Crippen LogP contribution in [0.1, 0.15) is 16.1 Å². The molecule has 19 heavy (non-hydrogen) atoms. The van der Waals surface area contributed by atoms with Gasteiger partial charge in [0.1, 0.15) is 5.69 Å². The first-order chi connectivity index (χ1) is 9.11. The van der Waals surface area contributed by atoms with Gasteiger partial charge in [0.25, 0.3) is 5.91 Å². The van der Waals surface area contributed by atoms with Crippen LogP contribution >= 0.6 is 0 Å². The molecule has 100 valence electrons. The zero-order chi connectivity index (χ0) is 13.8. The van der Waals surface area contributed by atoms with Crippen molar-refractivity contribution in [1.29, 1.82) is 0 Å². The number of nitrogens with one attached hydrogen (secondary N) is 1. The molecule has 0 bridgehead atoms. The maximum atomic E-state index is 11.9. The summed E-state index contributed by atoms with van der Waals surface area (Å²) in [5.41, 5.74) is 7.25. The Hall–Kier alpha value is -2.57. The number of rotatable bonds is 4. The first-order valence-corrected chi connectivity index (χ1v) is 5.66. The minimum atomic E-state index is -0.270. The smallest absolute Gasteiger partial charge is 0.271 e. The summed E-state index contributed by atoms with van der Waals surface area (Å²) in [5.74, 6) is 0.263. The predicted octanol–water partition coefficient (Wildman–Crippen LogP) is 0.336.